The number of rotatable bonds is 3. The summed E-state index contributed by atoms with van der Waals surface area (Å²) in [6, 6.07) is 0.204. The topological polar surface area (TPSA) is 62.4 Å². The lowest BCUT2D eigenvalue weighted by Crippen LogP contribution is -2.43. The van der Waals surface area contributed by atoms with Crippen molar-refractivity contribution in [1.29, 1.82) is 0 Å². The summed E-state index contributed by atoms with van der Waals surface area (Å²) in [6.07, 6.45) is 0. The zero-order valence-corrected chi connectivity index (χ0v) is 7.80. The fourth-order valence-electron chi connectivity index (χ4n) is 0.967. The van der Waals surface area contributed by atoms with Gasteiger partial charge in [0.25, 0.3) is 0 Å². The summed E-state index contributed by atoms with van der Waals surface area (Å²) in [6.45, 7) is 6.86. The molecule has 0 radical (unpaired) electrons. The minimum absolute atomic E-state index is 0.204. The Morgan fingerprint density at radius 1 is 1.67 bits per heavy atom. The molecule has 4 nitrogen and oxygen atoms in total. The maximum Gasteiger partial charge on any atom is 0.191 e. The summed E-state index contributed by atoms with van der Waals surface area (Å²) < 4.78 is 0. The first kappa shape index (κ1) is 9.32. The van der Waals surface area contributed by atoms with Gasteiger partial charge in [0, 0.05) is 19.1 Å². The average Bonchev–Trinajstić information content (AvgIpc) is 2.51. The van der Waals surface area contributed by atoms with Gasteiger partial charge < -0.3 is 16.4 Å². The second kappa shape index (κ2) is 4.30. The van der Waals surface area contributed by atoms with E-state index in [4.69, 9.17) is 5.73 Å². The minimum atomic E-state index is 0.204. The Hall–Kier alpha value is -0.770. The van der Waals surface area contributed by atoms with Crippen molar-refractivity contribution in [3.63, 3.8) is 0 Å². The summed E-state index contributed by atoms with van der Waals surface area (Å²) in [5.41, 5.74) is 5.85. The standard InChI is InChI=1S/C8H18N4/c1-6(2)7(9)5-12-8-10-3-4-11-8/h6-7H,3-5,9H2,1-2H3,(H2,10,11,12). The van der Waals surface area contributed by atoms with Crippen molar-refractivity contribution >= 4 is 5.96 Å². The fourth-order valence-corrected chi connectivity index (χ4v) is 0.967. The highest BCUT2D eigenvalue weighted by Crippen LogP contribution is 1.96. The average molecular weight is 170 g/mol. The van der Waals surface area contributed by atoms with Crippen molar-refractivity contribution in [2.24, 2.45) is 16.6 Å². The Bertz CT molecular complexity index is 164. The molecule has 0 fully saturated rings. The molecule has 0 aromatic carbocycles. The van der Waals surface area contributed by atoms with E-state index in [1.165, 1.54) is 0 Å². The van der Waals surface area contributed by atoms with Crippen LogP contribution >= 0.6 is 0 Å². The highest BCUT2D eigenvalue weighted by atomic mass is 15.2. The van der Waals surface area contributed by atoms with Crippen LogP contribution in [-0.4, -0.2) is 31.6 Å². The lowest BCUT2D eigenvalue weighted by Gasteiger charge is -2.16. The summed E-state index contributed by atoms with van der Waals surface area (Å²) in [4.78, 5) is 4.21. The van der Waals surface area contributed by atoms with Gasteiger partial charge in [-0.3, -0.25) is 4.99 Å². The first-order valence-electron chi connectivity index (χ1n) is 4.48. The van der Waals surface area contributed by atoms with Crippen LogP contribution in [0.2, 0.25) is 0 Å². The Balaban J connectivity index is 2.16. The van der Waals surface area contributed by atoms with Crippen LogP contribution in [0.15, 0.2) is 4.99 Å². The van der Waals surface area contributed by atoms with Crippen LogP contribution in [0.5, 0.6) is 0 Å². The zero-order valence-electron chi connectivity index (χ0n) is 7.80. The van der Waals surface area contributed by atoms with E-state index in [1.54, 1.807) is 0 Å². The van der Waals surface area contributed by atoms with E-state index in [1.807, 2.05) is 0 Å². The van der Waals surface area contributed by atoms with Gasteiger partial charge in [-0.25, -0.2) is 0 Å². The van der Waals surface area contributed by atoms with Crippen LogP contribution in [0.4, 0.5) is 0 Å². The van der Waals surface area contributed by atoms with Gasteiger partial charge in [-0.05, 0) is 5.92 Å². The molecular weight excluding hydrogens is 152 g/mol. The second-order valence-electron chi connectivity index (χ2n) is 3.45. The van der Waals surface area contributed by atoms with Gasteiger partial charge in [-0.1, -0.05) is 13.8 Å². The molecule has 0 saturated heterocycles. The molecule has 0 aromatic rings. The molecule has 0 spiro atoms. The first-order valence-corrected chi connectivity index (χ1v) is 4.48. The molecule has 1 atom stereocenters. The third kappa shape index (κ3) is 2.70. The number of hydrogen-bond acceptors (Lipinski definition) is 4. The van der Waals surface area contributed by atoms with Gasteiger partial charge in [-0.2, -0.15) is 0 Å². The minimum Gasteiger partial charge on any atom is -0.355 e. The summed E-state index contributed by atoms with van der Waals surface area (Å²) in [7, 11) is 0. The Kier molecular flexibility index (Phi) is 3.34. The largest absolute Gasteiger partial charge is 0.355 e. The molecule has 1 unspecified atom stereocenters. The third-order valence-electron chi connectivity index (χ3n) is 2.04. The lowest BCUT2D eigenvalue weighted by atomic mass is 10.1. The molecule has 12 heavy (non-hydrogen) atoms. The molecule has 70 valence electrons. The third-order valence-corrected chi connectivity index (χ3v) is 2.04. The molecule has 0 aromatic heterocycles. The summed E-state index contributed by atoms with van der Waals surface area (Å²) >= 11 is 0. The molecule has 4 N–H and O–H groups in total. The van der Waals surface area contributed by atoms with Crippen LogP contribution < -0.4 is 16.4 Å². The van der Waals surface area contributed by atoms with E-state index in [-0.39, 0.29) is 6.04 Å². The number of hydrogen-bond donors (Lipinski definition) is 3. The van der Waals surface area contributed by atoms with Gasteiger partial charge in [-0.15, -0.1) is 0 Å². The Labute approximate surface area is 73.6 Å². The monoisotopic (exact) mass is 170 g/mol. The molecule has 4 heteroatoms. The summed E-state index contributed by atoms with van der Waals surface area (Å²) in [5, 5.41) is 6.31. The second-order valence-corrected chi connectivity index (χ2v) is 3.45. The van der Waals surface area contributed by atoms with E-state index in [0.29, 0.717) is 5.92 Å². The first-order chi connectivity index (χ1) is 5.70. The number of aliphatic imine (C=N–C) groups is 1. The van der Waals surface area contributed by atoms with Crippen molar-refractivity contribution in [2.45, 2.75) is 19.9 Å². The van der Waals surface area contributed by atoms with Crippen molar-refractivity contribution in [3.05, 3.63) is 0 Å². The maximum atomic E-state index is 5.85. The van der Waals surface area contributed by atoms with Gasteiger partial charge in [0.2, 0.25) is 0 Å². The number of guanidine groups is 1. The number of nitrogens with two attached hydrogens (primary N) is 1. The molecular formula is C8H18N4. The molecule has 1 rings (SSSR count). The Morgan fingerprint density at radius 3 is 2.92 bits per heavy atom. The van der Waals surface area contributed by atoms with E-state index in [9.17, 15) is 0 Å². The highest BCUT2D eigenvalue weighted by molar-refractivity contribution is 5.81. The molecule has 0 saturated carbocycles. The maximum absolute atomic E-state index is 5.85. The van der Waals surface area contributed by atoms with Crippen molar-refractivity contribution in [3.8, 4) is 0 Å². The van der Waals surface area contributed by atoms with E-state index >= 15 is 0 Å². The quantitative estimate of drug-likeness (QED) is 0.536. The van der Waals surface area contributed by atoms with Crippen molar-refractivity contribution < 1.29 is 0 Å². The van der Waals surface area contributed by atoms with E-state index < -0.39 is 0 Å². The Morgan fingerprint density at radius 2 is 2.42 bits per heavy atom. The fraction of sp³-hybridized carbons (Fsp3) is 0.875. The summed E-state index contributed by atoms with van der Waals surface area (Å²) in [5.74, 6) is 1.41. The number of nitrogens with zero attached hydrogens (tertiary/aromatic N) is 1. The van der Waals surface area contributed by atoms with Crippen LogP contribution in [-0.2, 0) is 0 Å². The predicted molar refractivity (Wildman–Crippen MR) is 51.1 cm³/mol. The molecule has 0 aliphatic carbocycles. The van der Waals surface area contributed by atoms with Crippen molar-refractivity contribution in [1.82, 2.24) is 10.6 Å². The number of nitrogens with one attached hydrogen (secondary N) is 2. The van der Waals surface area contributed by atoms with Gasteiger partial charge in [0.1, 0.15) is 0 Å². The SMILES string of the molecule is CC(C)C(N)CNC1=NCCN1. The van der Waals surface area contributed by atoms with Gasteiger partial charge in [0.05, 0.1) is 6.54 Å². The van der Waals surface area contributed by atoms with Crippen LogP contribution in [0.25, 0.3) is 0 Å². The molecule has 0 bridgehead atoms. The molecule has 0 amide bonds. The van der Waals surface area contributed by atoms with Crippen LogP contribution in [0.1, 0.15) is 13.8 Å². The normalized spacial score (nSPS) is 18.8. The highest BCUT2D eigenvalue weighted by Gasteiger charge is 2.09. The zero-order chi connectivity index (χ0) is 8.97. The smallest absolute Gasteiger partial charge is 0.191 e. The van der Waals surface area contributed by atoms with Gasteiger partial charge >= 0.3 is 0 Å². The van der Waals surface area contributed by atoms with Gasteiger partial charge in [0.15, 0.2) is 5.96 Å². The van der Waals surface area contributed by atoms with E-state index in [2.05, 4.69) is 29.5 Å². The van der Waals surface area contributed by atoms with Crippen molar-refractivity contribution in [2.75, 3.05) is 19.6 Å². The lowest BCUT2D eigenvalue weighted by molar-refractivity contribution is 0.485. The predicted octanol–water partition coefficient (Wildman–Crippen LogP) is -0.481. The van der Waals surface area contributed by atoms with Crippen LogP contribution in [0.3, 0.4) is 0 Å². The molecule has 1 aliphatic rings. The molecule has 1 aliphatic heterocycles. The van der Waals surface area contributed by atoms with Crippen LogP contribution in [0, 0.1) is 5.92 Å². The van der Waals surface area contributed by atoms with E-state index in [0.717, 1.165) is 25.6 Å². The molecule has 1 heterocycles.